The number of nitrogens with one attached hydrogen (secondary N) is 1. The molecule has 0 aromatic carbocycles. The molecule has 1 aromatic rings. The standard InChI is InChI=1S/C15H26N4/c1-10(2)13-14(16)18-9-19-15(13)17-8-12-7-5-4-6-11(12)3/h9-12H,4-8H2,1-3H3,(H3,16,17,18,19). The summed E-state index contributed by atoms with van der Waals surface area (Å²) in [5, 5.41) is 3.50. The molecule has 0 bridgehead atoms. The lowest BCUT2D eigenvalue weighted by Crippen LogP contribution is -2.25. The van der Waals surface area contributed by atoms with E-state index in [1.54, 1.807) is 6.33 Å². The van der Waals surface area contributed by atoms with E-state index in [9.17, 15) is 0 Å². The van der Waals surface area contributed by atoms with Crippen molar-refractivity contribution in [3.8, 4) is 0 Å². The molecule has 1 aromatic heterocycles. The highest BCUT2D eigenvalue weighted by Gasteiger charge is 2.22. The van der Waals surface area contributed by atoms with Crippen LogP contribution in [0.5, 0.6) is 0 Å². The van der Waals surface area contributed by atoms with Gasteiger partial charge in [0, 0.05) is 12.1 Å². The molecule has 2 atom stereocenters. The van der Waals surface area contributed by atoms with Crippen molar-refractivity contribution >= 4 is 11.6 Å². The summed E-state index contributed by atoms with van der Waals surface area (Å²) in [5.74, 6) is 3.42. The van der Waals surface area contributed by atoms with Crippen molar-refractivity contribution in [2.45, 2.75) is 52.4 Å². The molecule has 0 aliphatic heterocycles. The molecule has 1 saturated carbocycles. The molecule has 2 rings (SSSR count). The van der Waals surface area contributed by atoms with Gasteiger partial charge in [0.1, 0.15) is 18.0 Å². The summed E-state index contributed by atoms with van der Waals surface area (Å²) in [5.41, 5.74) is 7.01. The lowest BCUT2D eigenvalue weighted by molar-refractivity contribution is 0.268. The predicted molar refractivity (Wildman–Crippen MR) is 80.1 cm³/mol. The largest absolute Gasteiger partial charge is 0.383 e. The van der Waals surface area contributed by atoms with Crippen LogP contribution >= 0.6 is 0 Å². The van der Waals surface area contributed by atoms with E-state index in [2.05, 4.69) is 36.1 Å². The van der Waals surface area contributed by atoms with Crippen LogP contribution in [-0.2, 0) is 0 Å². The van der Waals surface area contributed by atoms with Gasteiger partial charge < -0.3 is 11.1 Å². The van der Waals surface area contributed by atoms with Crippen LogP contribution in [0.3, 0.4) is 0 Å². The number of aromatic nitrogens is 2. The number of hydrogen-bond acceptors (Lipinski definition) is 4. The molecular formula is C15H26N4. The number of anilines is 2. The maximum absolute atomic E-state index is 5.97. The summed E-state index contributed by atoms with van der Waals surface area (Å²) in [6.07, 6.45) is 6.98. The number of nitrogen functional groups attached to an aromatic ring is 1. The highest BCUT2D eigenvalue weighted by molar-refractivity contribution is 5.56. The van der Waals surface area contributed by atoms with Crippen molar-refractivity contribution in [3.63, 3.8) is 0 Å². The quantitative estimate of drug-likeness (QED) is 0.872. The van der Waals surface area contributed by atoms with Crippen molar-refractivity contribution in [3.05, 3.63) is 11.9 Å². The zero-order valence-electron chi connectivity index (χ0n) is 12.3. The maximum atomic E-state index is 5.97. The fourth-order valence-electron chi connectivity index (χ4n) is 3.04. The molecule has 19 heavy (non-hydrogen) atoms. The molecule has 0 spiro atoms. The second kappa shape index (κ2) is 6.22. The van der Waals surface area contributed by atoms with Gasteiger partial charge in [0.15, 0.2) is 0 Å². The Hall–Kier alpha value is -1.32. The normalized spacial score (nSPS) is 23.6. The van der Waals surface area contributed by atoms with Crippen LogP contribution in [0.4, 0.5) is 11.6 Å². The van der Waals surface area contributed by atoms with Crippen LogP contribution in [0.25, 0.3) is 0 Å². The van der Waals surface area contributed by atoms with Crippen LogP contribution in [0.1, 0.15) is 57.9 Å². The first-order valence-corrected chi connectivity index (χ1v) is 7.43. The van der Waals surface area contributed by atoms with Crippen molar-refractivity contribution in [2.24, 2.45) is 11.8 Å². The Balaban J connectivity index is 2.05. The predicted octanol–water partition coefficient (Wildman–Crippen LogP) is 3.42. The minimum absolute atomic E-state index is 0.340. The molecule has 3 N–H and O–H groups in total. The smallest absolute Gasteiger partial charge is 0.134 e. The zero-order valence-corrected chi connectivity index (χ0v) is 12.3. The van der Waals surface area contributed by atoms with Crippen LogP contribution in [0.2, 0.25) is 0 Å². The zero-order chi connectivity index (χ0) is 13.8. The van der Waals surface area contributed by atoms with E-state index in [0.717, 1.165) is 29.8 Å². The third-order valence-electron chi connectivity index (χ3n) is 4.31. The van der Waals surface area contributed by atoms with Crippen LogP contribution in [0.15, 0.2) is 6.33 Å². The van der Waals surface area contributed by atoms with Gasteiger partial charge in [-0.1, -0.05) is 40.0 Å². The van der Waals surface area contributed by atoms with E-state index in [1.807, 2.05) is 0 Å². The van der Waals surface area contributed by atoms with Crippen molar-refractivity contribution in [1.82, 2.24) is 9.97 Å². The Kier molecular flexibility index (Phi) is 4.61. The van der Waals surface area contributed by atoms with E-state index in [0.29, 0.717) is 11.7 Å². The summed E-state index contributed by atoms with van der Waals surface area (Å²) in [4.78, 5) is 8.47. The van der Waals surface area contributed by atoms with Gasteiger partial charge in [-0.3, -0.25) is 0 Å². The topological polar surface area (TPSA) is 63.8 Å². The third-order valence-corrected chi connectivity index (χ3v) is 4.31. The molecule has 1 aliphatic carbocycles. The molecule has 1 heterocycles. The number of hydrogen-bond donors (Lipinski definition) is 2. The Morgan fingerprint density at radius 2 is 2.05 bits per heavy atom. The van der Waals surface area contributed by atoms with Crippen LogP contribution < -0.4 is 11.1 Å². The second-order valence-electron chi connectivity index (χ2n) is 6.08. The summed E-state index contributed by atoms with van der Waals surface area (Å²) in [6, 6.07) is 0. The Bertz CT molecular complexity index is 417. The SMILES string of the molecule is CC(C)c1c(N)ncnc1NCC1CCCCC1C. The van der Waals surface area contributed by atoms with Gasteiger partial charge in [0.05, 0.1) is 0 Å². The molecule has 4 nitrogen and oxygen atoms in total. The van der Waals surface area contributed by atoms with Gasteiger partial charge in [-0.05, 0) is 24.2 Å². The summed E-state index contributed by atoms with van der Waals surface area (Å²) in [6.45, 7) is 7.62. The van der Waals surface area contributed by atoms with Crippen LogP contribution in [0, 0.1) is 11.8 Å². The van der Waals surface area contributed by atoms with Gasteiger partial charge in [-0.25, -0.2) is 9.97 Å². The number of nitrogens with zero attached hydrogens (tertiary/aromatic N) is 2. The molecule has 106 valence electrons. The highest BCUT2D eigenvalue weighted by Crippen LogP contribution is 2.31. The molecule has 0 saturated heterocycles. The third kappa shape index (κ3) is 3.37. The summed E-state index contributed by atoms with van der Waals surface area (Å²) >= 11 is 0. The molecule has 1 aliphatic rings. The van der Waals surface area contributed by atoms with E-state index in [1.165, 1.54) is 25.7 Å². The maximum Gasteiger partial charge on any atom is 0.134 e. The Labute approximate surface area is 116 Å². The summed E-state index contributed by atoms with van der Waals surface area (Å²) in [7, 11) is 0. The van der Waals surface area contributed by atoms with E-state index in [4.69, 9.17) is 5.73 Å². The van der Waals surface area contributed by atoms with Gasteiger partial charge in [0.25, 0.3) is 0 Å². The van der Waals surface area contributed by atoms with E-state index < -0.39 is 0 Å². The first kappa shape index (κ1) is 14.1. The molecule has 4 heteroatoms. The lowest BCUT2D eigenvalue weighted by atomic mass is 9.80. The van der Waals surface area contributed by atoms with Gasteiger partial charge in [-0.15, -0.1) is 0 Å². The summed E-state index contributed by atoms with van der Waals surface area (Å²) < 4.78 is 0. The molecular weight excluding hydrogens is 236 g/mol. The van der Waals surface area contributed by atoms with E-state index >= 15 is 0 Å². The monoisotopic (exact) mass is 262 g/mol. The second-order valence-corrected chi connectivity index (χ2v) is 6.08. The molecule has 1 fully saturated rings. The van der Waals surface area contributed by atoms with Crippen molar-refractivity contribution in [1.29, 1.82) is 0 Å². The first-order valence-electron chi connectivity index (χ1n) is 7.43. The molecule has 2 unspecified atom stereocenters. The van der Waals surface area contributed by atoms with Gasteiger partial charge in [-0.2, -0.15) is 0 Å². The first-order chi connectivity index (χ1) is 9.09. The van der Waals surface area contributed by atoms with Crippen LogP contribution in [-0.4, -0.2) is 16.5 Å². The lowest BCUT2D eigenvalue weighted by Gasteiger charge is -2.29. The highest BCUT2D eigenvalue weighted by atomic mass is 15.0. The van der Waals surface area contributed by atoms with E-state index in [-0.39, 0.29) is 0 Å². The fourth-order valence-corrected chi connectivity index (χ4v) is 3.04. The van der Waals surface area contributed by atoms with Crippen molar-refractivity contribution < 1.29 is 0 Å². The Morgan fingerprint density at radius 1 is 1.32 bits per heavy atom. The minimum atomic E-state index is 0.340. The average molecular weight is 262 g/mol. The van der Waals surface area contributed by atoms with Gasteiger partial charge >= 0.3 is 0 Å². The number of nitrogens with two attached hydrogens (primary N) is 1. The fraction of sp³-hybridized carbons (Fsp3) is 0.733. The van der Waals surface area contributed by atoms with Gasteiger partial charge in [0.2, 0.25) is 0 Å². The average Bonchev–Trinajstić information content (AvgIpc) is 2.37. The van der Waals surface area contributed by atoms with Crippen molar-refractivity contribution in [2.75, 3.05) is 17.6 Å². The Morgan fingerprint density at radius 3 is 2.74 bits per heavy atom. The number of rotatable bonds is 4. The minimum Gasteiger partial charge on any atom is -0.383 e. The molecule has 0 amide bonds. The molecule has 0 radical (unpaired) electrons.